The summed E-state index contributed by atoms with van der Waals surface area (Å²) in [5.41, 5.74) is 0.898. The molecular formula is C19H31N3O3. The number of hydrogen-bond donors (Lipinski definition) is 1. The van der Waals surface area contributed by atoms with Crippen LogP contribution in [0.15, 0.2) is 18.2 Å². The predicted molar refractivity (Wildman–Crippen MR) is 99.3 cm³/mol. The second-order valence-electron chi connectivity index (χ2n) is 6.37. The van der Waals surface area contributed by atoms with Crippen LogP contribution < -0.4 is 14.8 Å². The Morgan fingerprint density at radius 2 is 2.04 bits per heavy atom. The van der Waals surface area contributed by atoms with E-state index >= 15 is 0 Å². The maximum atomic E-state index is 13.3. The second kappa shape index (κ2) is 9.06. The van der Waals surface area contributed by atoms with E-state index in [4.69, 9.17) is 9.47 Å². The molecule has 1 N–H and O–H groups in total. The highest BCUT2D eigenvalue weighted by Gasteiger charge is 2.34. The first-order chi connectivity index (χ1) is 12.0. The van der Waals surface area contributed by atoms with Crippen molar-refractivity contribution in [3.63, 3.8) is 0 Å². The minimum atomic E-state index is -0.342. The molecule has 0 radical (unpaired) electrons. The van der Waals surface area contributed by atoms with E-state index < -0.39 is 0 Å². The van der Waals surface area contributed by atoms with Crippen molar-refractivity contribution in [2.24, 2.45) is 0 Å². The lowest BCUT2D eigenvalue weighted by Gasteiger charge is -2.39. The van der Waals surface area contributed by atoms with Crippen LogP contribution in [0.5, 0.6) is 11.5 Å². The maximum absolute atomic E-state index is 13.3. The van der Waals surface area contributed by atoms with Crippen LogP contribution in [-0.4, -0.2) is 68.7 Å². The van der Waals surface area contributed by atoms with Gasteiger partial charge in [-0.15, -0.1) is 0 Å². The van der Waals surface area contributed by atoms with Gasteiger partial charge in [0.1, 0.15) is 17.5 Å². The first-order valence-electron chi connectivity index (χ1n) is 9.03. The van der Waals surface area contributed by atoms with Gasteiger partial charge in [0.2, 0.25) is 5.91 Å². The smallest absolute Gasteiger partial charge is 0.244 e. The molecule has 2 rings (SSSR count). The highest BCUT2D eigenvalue weighted by molar-refractivity contribution is 5.84. The molecule has 1 aromatic rings. The largest absolute Gasteiger partial charge is 0.497 e. The minimum absolute atomic E-state index is 0.127. The number of piperazine rings is 1. The number of benzene rings is 1. The van der Waals surface area contributed by atoms with E-state index in [1.807, 2.05) is 36.9 Å². The van der Waals surface area contributed by atoms with Crippen LogP contribution >= 0.6 is 0 Å². The number of carbonyl (C=O) groups excluding carboxylic acids is 1. The number of ether oxygens (including phenoxy) is 2. The third kappa shape index (κ3) is 4.44. The fraction of sp³-hybridized carbons (Fsp3) is 0.632. The molecule has 2 atom stereocenters. The van der Waals surface area contributed by atoms with E-state index in [9.17, 15) is 4.79 Å². The topological polar surface area (TPSA) is 54.0 Å². The first kappa shape index (κ1) is 19.5. The van der Waals surface area contributed by atoms with Crippen molar-refractivity contribution in [3.05, 3.63) is 23.8 Å². The zero-order chi connectivity index (χ0) is 18.4. The summed E-state index contributed by atoms with van der Waals surface area (Å²) >= 11 is 0. The Bertz CT molecular complexity index is 575. The van der Waals surface area contributed by atoms with Gasteiger partial charge >= 0.3 is 0 Å². The molecule has 6 heteroatoms. The fourth-order valence-corrected chi connectivity index (χ4v) is 3.44. The Morgan fingerprint density at radius 3 is 2.60 bits per heavy atom. The van der Waals surface area contributed by atoms with E-state index in [0.717, 1.165) is 30.9 Å². The summed E-state index contributed by atoms with van der Waals surface area (Å²) < 4.78 is 10.9. The molecule has 1 aliphatic heterocycles. The highest BCUT2D eigenvalue weighted by atomic mass is 16.5. The molecule has 0 saturated carbocycles. The van der Waals surface area contributed by atoms with E-state index in [0.29, 0.717) is 24.9 Å². The Balaban J connectivity index is 2.45. The highest BCUT2D eigenvalue weighted by Crippen LogP contribution is 2.34. The molecule has 0 spiro atoms. The first-order valence-corrected chi connectivity index (χ1v) is 9.03. The van der Waals surface area contributed by atoms with Gasteiger partial charge in [0.05, 0.1) is 14.2 Å². The van der Waals surface area contributed by atoms with E-state index in [2.05, 4.69) is 17.1 Å². The zero-order valence-electron chi connectivity index (χ0n) is 16.0. The van der Waals surface area contributed by atoms with Gasteiger partial charge in [-0.25, -0.2) is 0 Å². The Morgan fingerprint density at radius 1 is 1.32 bits per heavy atom. The number of amides is 1. The van der Waals surface area contributed by atoms with Gasteiger partial charge in [-0.3, -0.25) is 9.69 Å². The summed E-state index contributed by atoms with van der Waals surface area (Å²) in [5.74, 6) is 1.54. The Kier molecular flexibility index (Phi) is 7.08. The third-order valence-electron chi connectivity index (χ3n) is 4.81. The normalized spacial score (nSPS) is 19.3. The molecule has 0 aliphatic carbocycles. The molecule has 0 aromatic heterocycles. The molecule has 1 amide bonds. The van der Waals surface area contributed by atoms with Crippen molar-refractivity contribution in [3.8, 4) is 11.5 Å². The number of likely N-dealkylation sites (N-methyl/N-ethyl adjacent to an activating group) is 1. The summed E-state index contributed by atoms with van der Waals surface area (Å²) in [4.78, 5) is 17.5. The average Bonchev–Trinajstić information content (AvgIpc) is 2.63. The van der Waals surface area contributed by atoms with Gasteiger partial charge < -0.3 is 19.7 Å². The third-order valence-corrected chi connectivity index (χ3v) is 4.81. The van der Waals surface area contributed by atoms with Gasteiger partial charge in [-0.2, -0.15) is 0 Å². The van der Waals surface area contributed by atoms with Crippen LogP contribution in [-0.2, 0) is 4.79 Å². The molecule has 25 heavy (non-hydrogen) atoms. The van der Waals surface area contributed by atoms with Crippen molar-refractivity contribution in [2.75, 3.05) is 46.9 Å². The van der Waals surface area contributed by atoms with Crippen LogP contribution in [0.4, 0.5) is 0 Å². The number of carbonyl (C=O) groups is 1. The van der Waals surface area contributed by atoms with Crippen molar-refractivity contribution >= 4 is 5.91 Å². The predicted octanol–water partition coefficient (Wildman–Crippen LogP) is 1.91. The van der Waals surface area contributed by atoms with E-state index in [1.54, 1.807) is 14.2 Å². The number of nitrogens with one attached hydrogen (secondary N) is 1. The SMILES string of the molecule is CCN(CC)C(=O)C(c1ccc(OC)cc1OC)N1CCNC(C)C1. The standard InChI is InChI=1S/C19H31N3O3/c1-6-21(7-2)19(23)18(22-11-10-20-14(3)13-22)16-9-8-15(24-4)12-17(16)25-5/h8-9,12,14,18,20H,6-7,10-11,13H2,1-5H3. The molecule has 6 nitrogen and oxygen atoms in total. The number of nitrogens with zero attached hydrogens (tertiary/aromatic N) is 2. The van der Waals surface area contributed by atoms with Crippen LogP contribution in [0.1, 0.15) is 32.4 Å². The number of methoxy groups -OCH3 is 2. The fourth-order valence-electron chi connectivity index (χ4n) is 3.44. The molecule has 1 aliphatic rings. The van der Waals surface area contributed by atoms with Crippen molar-refractivity contribution in [1.29, 1.82) is 0 Å². The van der Waals surface area contributed by atoms with Gasteiger partial charge in [0.15, 0.2) is 0 Å². The van der Waals surface area contributed by atoms with E-state index in [-0.39, 0.29) is 11.9 Å². The van der Waals surface area contributed by atoms with Crippen molar-refractivity contribution < 1.29 is 14.3 Å². The lowest BCUT2D eigenvalue weighted by Crippen LogP contribution is -2.53. The van der Waals surface area contributed by atoms with Crippen LogP contribution in [0.2, 0.25) is 0 Å². The van der Waals surface area contributed by atoms with Crippen molar-refractivity contribution in [2.45, 2.75) is 32.9 Å². The molecule has 0 bridgehead atoms. The molecule has 140 valence electrons. The quantitative estimate of drug-likeness (QED) is 0.815. The molecular weight excluding hydrogens is 318 g/mol. The zero-order valence-corrected chi connectivity index (χ0v) is 16.0. The summed E-state index contributed by atoms with van der Waals surface area (Å²) in [7, 11) is 3.27. The van der Waals surface area contributed by atoms with Gasteiger partial charge in [-0.05, 0) is 32.9 Å². The van der Waals surface area contributed by atoms with Gasteiger partial charge in [-0.1, -0.05) is 0 Å². The monoisotopic (exact) mass is 349 g/mol. The number of hydrogen-bond acceptors (Lipinski definition) is 5. The van der Waals surface area contributed by atoms with Gasteiger partial charge in [0, 0.05) is 50.4 Å². The Labute approximate surface area is 151 Å². The van der Waals surface area contributed by atoms with E-state index in [1.165, 1.54) is 0 Å². The minimum Gasteiger partial charge on any atom is -0.497 e. The second-order valence-corrected chi connectivity index (χ2v) is 6.37. The molecule has 1 fully saturated rings. The molecule has 2 unspecified atom stereocenters. The maximum Gasteiger partial charge on any atom is 0.244 e. The summed E-state index contributed by atoms with van der Waals surface area (Å²) in [6.07, 6.45) is 0. The van der Waals surface area contributed by atoms with Crippen LogP contribution in [0, 0.1) is 0 Å². The van der Waals surface area contributed by atoms with Crippen molar-refractivity contribution in [1.82, 2.24) is 15.1 Å². The van der Waals surface area contributed by atoms with Crippen LogP contribution in [0.3, 0.4) is 0 Å². The lowest BCUT2D eigenvalue weighted by molar-refractivity contribution is -0.137. The van der Waals surface area contributed by atoms with Crippen LogP contribution in [0.25, 0.3) is 0 Å². The molecule has 1 heterocycles. The summed E-state index contributed by atoms with van der Waals surface area (Å²) in [5, 5.41) is 3.44. The molecule has 1 aromatic carbocycles. The lowest BCUT2D eigenvalue weighted by atomic mass is 10.00. The summed E-state index contributed by atoms with van der Waals surface area (Å²) in [6.45, 7) is 10.1. The number of rotatable bonds is 7. The summed E-state index contributed by atoms with van der Waals surface area (Å²) in [6, 6.07) is 5.71. The average molecular weight is 349 g/mol. The Hall–Kier alpha value is -1.79. The van der Waals surface area contributed by atoms with Gasteiger partial charge in [0.25, 0.3) is 0 Å². The molecule has 1 saturated heterocycles.